The van der Waals surface area contributed by atoms with Crippen molar-refractivity contribution in [2.75, 3.05) is 32.0 Å². The molecule has 1 aliphatic heterocycles. The van der Waals surface area contributed by atoms with Crippen LogP contribution in [0.25, 0.3) is 0 Å². The van der Waals surface area contributed by atoms with Gasteiger partial charge in [-0.2, -0.15) is 0 Å². The van der Waals surface area contributed by atoms with Gasteiger partial charge in [-0.25, -0.2) is 0 Å². The van der Waals surface area contributed by atoms with Crippen molar-refractivity contribution in [1.29, 1.82) is 0 Å². The zero-order valence-corrected chi connectivity index (χ0v) is 10.8. The number of anilines is 1. The highest BCUT2D eigenvalue weighted by molar-refractivity contribution is 5.98. The van der Waals surface area contributed by atoms with Gasteiger partial charge in [0.1, 0.15) is 5.75 Å². The molecular formula is C13H17N3O3. The van der Waals surface area contributed by atoms with E-state index in [1.807, 2.05) is 6.92 Å². The first-order valence-electron chi connectivity index (χ1n) is 6.20. The van der Waals surface area contributed by atoms with Crippen molar-refractivity contribution in [3.05, 3.63) is 23.8 Å². The lowest BCUT2D eigenvalue weighted by Crippen LogP contribution is -2.49. The van der Waals surface area contributed by atoms with Gasteiger partial charge < -0.3 is 20.7 Å². The lowest BCUT2D eigenvalue weighted by molar-refractivity contribution is -0.123. The minimum atomic E-state index is -0.190. The van der Waals surface area contributed by atoms with E-state index in [1.165, 1.54) is 4.90 Å². The van der Waals surface area contributed by atoms with Crippen LogP contribution in [0, 0.1) is 0 Å². The van der Waals surface area contributed by atoms with E-state index in [-0.39, 0.29) is 18.4 Å². The number of hydrogen-bond acceptors (Lipinski definition) is 4. The molecule has 3 N–H and O–H groups in total. The highest BCUT2D eigenvalue weighted by Gasteiger charge is 2.22. The molecule has 19 heavy (non-hydrogen) atoms. The van der Waals surface area contributed by atoms with Gasteiger partial charge in [-0.15, -0.1) is 0 Å². The van der Waals surface area contributed by atoms with Crippen molar-refractivity contribution >= 4 is 17.5 Å². The summed E-state index contributed by atoms with van der Waals surface area (Å²) in [7, 11) is 0. The van der Waals surface area contributed by atoms with Crippen LogP contribution < -0.4 is 15.8 Å². The first-order chi connectivity index (χ1) is 9.11. The normalized spacial score (nSPS) is 15.0. The molecule has 2 rings (SSSR count). The maximum atomic E-state index is 12.2. The summed E-state index contributed by atoms with van der Waals surface area (Å²) < 4.78 is 5.32. The van der Waals surface area contributed by atoms with Crippen molar-refractivity contribution in [3.63, 3.8) is 0 Å². The Balaban J connectivity index is 2.15. The molecule has 1 fully saturated rings. The molecule has 1 heterocycles. The molecule has 6 nitrogen and oxygen atoms in total. The number of nitrogens with one attached hydrogen (secondary N) is 1. The zero-order chi connectivity index (χ0) is 13.8. The zero-order valence-electron chi connectivity index (χ0n) is 10.8. The molecule has 1 aromatic rings. The van der Waals surface area contributed by atoms with Crippen molar-refractivity contribution in [3.8, 4) is 5.75 Å². The van der Waals surface area contributed by atoms with Crippen molar-refractivity contribution < 1.29 is 14.3 Å². The van der Waals surface area contributed by atoms with Crippen molar-refractivity contribution in [1.82, 2.24) is 10.2 Å². The number of nitrogen functional groups attached to an aromatic ring is 1. The number of carbonyl (C=O) groups excluding carboxylic acids is 2. The number of nitrogens with zero attached hydrogens (tertiary/aromatic N) is 1. The van der Waals surface area contributed by atoms with E-state index in [4.69, 9.17) is 10.5 Å². The van der Waals surface area contributed by atoms with Gasteiger partial charge >= 0.3 is 0 Å². The summed E-state index contributed by atoms with van der Waals surface area (Å²) in [4.78, 5) is 25.0. The van der Waals surface area contributed by atoms with Gasteiger partial charge in [0, 0.05) is 18.7 Å². The Bertz CT molecular complexity index is 502. The monoisotopic (exact) mass is 263 g/mol. The lowest BCUT2D eigenvalue weighted by Gasteiger charge is -2.26. The van der Waals surface area contributed by atoms with Gasteiger partial charge in [0.25, 0.3) is 5.91 Å². The Morgan fingerprint density at radius 2 is 2.32 bits per heavy atom. The van der Waals surface area contributed by atoms with E-state index in [1.54, 1.807) is 18.2 Å². The summed E-state index contributed by atoms with van der Waals surface area (Å²) >= 11 is 0. The second kappa shape index (κ2) is 5.60. The van der Waals surface area contributed by atoms with Gasteiger partial charge in [-0.05, 0) is 25.1 Å². The summed E-state index contributed by atoms with van der Waals surface area (Å²) in [5.74, 6) is 0.235. The molecule has 0 aromatic heterocycles. The third kappa shape index (κ3) is 2.96. The van der Waals surface area contributed by atoms with Gasteiger partial charge in [0.15, 0.2) is 0 Å². The van der Waals surface area contributed by atoms with Crippen LogP contribution in [0.4, 0.5) is 5.69 Å². The molecule has 2 amide bonds. The molecule has 1 aromatic carbocycles. The molecule has 0 radical (unpaired) electrons. The van der Waals surface area contributed by atoms with Crippen LogP contribution >= 0.6 is 0 Å². The van der Waals surface area contributed by atoms with E-state index < -0.39 is 0 Å². The summed E-state index contributed by atoms with van der Waals surface area (Å²) in [6.07, 6.45) is 0. The van der Waals surface area contributed by atoms with E-state index in [9.17, 15) is 9.59 Å². The number of amides is 2. The summed E-state index contributed by atoms with van der Waals surface area (Å²) in [6.45, 7) is 3.47. The summed E-state index contributed by atoms with van der Waals surface area (Å²) in [5.41, 5.74) is 6.72. The molecule has 0 spiro atoms. The Kier molecular flexibility index (Phi) is 3.89. The van der Waals surface area contributed by atoms with E-state index in [2.05, 4.69) is 5.32 Å². The third-order valence-electron chi connectivity index (χ3n) is 2.88. The first kappa shape index (κ1) is 13.2. The van der Waals surface area contributed by atoms with Crippen LogP contribution in [0.2, 0.25) is 0 Å². The minimum Gasteiger partial charge on any atom is -0.492 e. The predicted molar refractivity (Wildman–Crippen MR) is 70.9 cm³/mol. The predicted octanol–water partition coefficient (Wildman–Crippen LogP) is 0.239. The molecule has 0 saturated carbocycles. The molecule has 1 saturated heterocycles. The number of rotatable bonds is 3. The summed E-state index contributed by atoms with van der Waals surface area (Å²) in [5, 5.41) is 2.68. The number of hydrogen-bond donors (Lipinski definition) is 2. The second-order valence-electron chi connectivity index (χ2n) is 4.26. The van der Waals surface area contributed by atoms with Gasteiger partial charge in [-0.1, -0.05) is 0 Å². The Morgan fingerprint density at radius 3 is 2.95 bits per heavy atom. The number of piperazine rings is 1. The highest BCUT2D eigenvalue weighted by atomic mass is 16.5. The SMILES string of the molecule is CCOc1ccc(C(=O)N2CCNC(=O)C2)cc1N. The van der Waals surface area contributed by atoms with Crippen LogP contribution in [0.3, 0.4) is 0 Å². The fourth-order valence-electron chi connectivity index (χ4n) is 1.96. The van der Waals surface area contributed by atoms with Crippen molar-refractivity contribution in [2.45, 2.75) is 6.92 Å². The van der Waals surface area contributed by atoms with Crippen molar-refractivity contribution in [2.24, 2.45) is 0 Å². The molecule has 6 heteroatoms. The maximum absolute atomic E-state index is 12.2. The third-order valence-corrected chi connectivity index (χ3v) is 2.88. The molecule has 0 bridgehead atoms. The number of benzene rings is 1. The molecular weight excluding hydrogens is 246 g/mol. The maximum Gasteiger partial charge on any atom is 0.254 e. The number of nitrogens with two attached hydrogens (primary N) is 1. The highest BCUT2D eigenvalue weighted by Crippen LogP contribution is 2.23. The van der Waals surface area contributed by atoms with Crippen LogP contribution in [-0.4, -0.2) is 43.0 Å². The van der Waals surface area contributed by atoms with Crippen LogP contribution in [0.5, 0.6) is 5.75 Å². The standard InChI is InChI=1S/C13H17N3O3/c1-2-19-11-4-3-9(7-10(11)14)13(18)16-6-5-15-12(17)8-16/h3-4,7H,2,5-6,8,14H2,1H3,(H,15,17). The van der Waals surface area contributed by atoms with Crippen LogP contribution in [0.15, 0.2) is 18.2 Å². The van der Waals surface area contributed by atoms with E-state index in [0.29, 0.717) is 36.7 Å². The number of carbonyl (C=O) groups is 2. The molecule has 0 aliphatic carbocycles. The van der Waals surface area contributed by atoms with E-state index >= 15 is 0 Å². The Hall–Kier alpha value is -2.24. The molecule has 0 atom stereocenters. The van der Waals surface area contributed by atoms with Gasteiger partial charge in [0.2, 0.25) is 5.91 Å². The summed E-state index contributed by atoms with van der Waals surface area (Å²) in [6, 6.07) is 4.92. The minimum absolute atomic E-state index is 0.0892. The first-order valence-corrected chi connectivity index (χ1v) is 6.20. The van der Waals surface area contributed by atoms with Crippen LogP contribution in [-0.2, 0) is 4.79 Å². The van der Waals surface area contributed by atoms with E-state index in [0.717, 1.165) is 0 Å². The van der Waals surface area contributed by atoms with Gasteiger partial charge in [-0.3, -0.25) is 9.59 Å². The fraction of sp³-hybridized carbons (Fsp3) is 0.385. The molecule has 102 valence electrons. The van der Waals surface area contributed by atoms with Crippen LogP contribution in [0.1, 0.15) is 17.3 Å². The van der Waals surface area contributed by atoms with Gasteiger partial charge in [0.05, 0.1) is 18.8 Å². The lowest BCUT2D eigenvalue weighted by atomic mass is 10.1. The largest absolute Gasteiger partial charge is 0.492 e. The average Bonchev–Trinajstić information content (AvgIpc) is 2.40. The molecule has 0 unspecified atom stereocenters. The fourth-order valence-corrected chi connectivity index (χ4v) is 1.96. The Labute approximate surface area is 111 Å². The quantitative estimate of drug-likeness (QED) is 0.765. The smallest absolute Gasteiger partial charge is 0.254 e. The number of ether oxygens (including phenoxy) is 1. The Morgan fingerprint density at radius 1 is 1.53 bits per heavy atom. The topological polar surface area (TPSA) is 84.7 Å². The molecule has 1 aliphatic rings. The average molecular weight is 263 g/mol. The second-order valence-corrected chi connectivity index (χ2v) is 4.26.